The quantitative estimate of drug-likeness (QED) is 0.841. The molecular weight excluding hydrogens is 306 g/mol. The summed E-state index contributed by atoms with van der Waals surface area (Å²) in [6, 6.07) is 6.13. The minimum atomic E-state index is 0.0629. The van der Waals surface area contributed by atoms with E-state index < -0.39 is 0 Å². The molecule has 3 rings (SSSR count). The van der Waals surface area contributed by atoms with E-state index in [0.29, 0.717) is 13.2 Å². The molecule has 24 heavy (non-hydrogen) atoms. The summed E-state index contributed by atoms with van der Waals surface area (Å²) in [7, 11) is 0. The van der Waals surface area contributed by atoms with Crippen LogP contribution in [0.4, 0.5) is 10.5 Å². The zero-order valence-electron chi connectivity index (χ0n) is 14.4. The number of amides is 2. The van der Waals surface area contributed by atoms with Crippen LogP contribution >= 0.6 is 0 Å². The van der Waals surface area contributed by atoms with Gasteiger partial charge in [0.15, 0.2) is 11.5 Å². The summed E-state index contributed by atoms with van der Waals surface area (Å²) >= 11 is 0. The Hall–Kier alpha value is -2.11. The van der Waals surface area contributed by atoms with Crippen molar-refractivity contribution in [2.45, 2.75) is 26.2 Å². The van der Waals surface area contributed by atoms with Crippen molar-refractivity contribution in [1.82, 2.24) is 10.2 Å². The van der Waals surface area contributed by atoms with Crippen molar-refractivity contribution in [1.29, 1.82) is 0 Å². The summed E-state index contributed by atoms with van der Waals surface area (Å²) in [6.07, 6.45) is 3.39. The molecule has 2 aliphatic rings. The zero-order chi connectivity index (χ0) is 16.8. The second-order valence-electron chi connectivity index (χ2n) is 6.24. The first-order chi connectivity index (χ1) is 11.8. The standard InChI is InChI=1S/C18H27N3O3/c1-2-3-4-7-19-18(22)21-10-8-20(9-11-21)15-5-6-16-17(14-15)24-13-12-23-16/h5-6,14H,2-4,7-13H2,1H3,(H,19,22). The topological polar surface area (TPSA) is 54.0 Å². The number of anilines is 1. The van der Waals surface area contributed by atoms with Crippen molar-refractivity contribution in [2.24, 2.45) is 0 Å². The van der Waals surface area contributed by atoms with E-state index in [2.05, 4.69) is 23.2 Å². The molecule has 0 radical (unpaired) electrons. The van der Waals surface area contributed by atoms with Gasteiger partial charge in [-0.1, -0.05) is 19.8 Å². The highest BCUT2D eigenvalue weighted by atomic mass is 16.6. The first-order valence-corrected chi connectivity index (χ1v) is 8.95. The van der Waals surface area contributed by atoms with Crippen molar-refractivity contribution >= 4 is 11.7 Å². The molecule has 0 bridgehead atoms. The Labute approximate surface area is 143 Å². The van der Waals surface area contributed by atoms with Crippen LogP contribution in [0.2, 0.25) is 0 Å². The van der Waals surface area contributed by atoms with Gasteiger partial charge in [-0.3, -0.25) is 0 Å². The number of nitrogens with one attached hydrogen (secondary N) is 1. The molecule has 0 aromatic heterocycles. The highest BCUT2D eigenvalue weighted by Gasteiger charge is 2.22. The van der Waals surface area contributed by atoms with E-state index in [1.54, 1.807) is 0 Å². The first-order valence-electron chi connectivity index (χ1n) is 8.95. The lowest BCUT2D eigenvalue weighted by Crippen LogP contribution is -2.52. The highest BCUT2D eigenvalue weighted by Crippen LogP contribution is 2.34. The van der Waals surface area contributed by atoms with E-state index in [-0.39, 0.29) is 6.03 Å². The molecule has 0 aliphatic carbocycles. The molecule has 1 aromatic carbocycles. The third-order valence-corrected chi connectivity index (χ3v) is 4.51. The second kappa shape index (κ2) is 8.13. The molecule has 2 heterocycles. The van der Waals surface area contributed by atoms with E-state index in [9.17, 15) is 4.79 Å². The van der Waals surface area contributed by atoms with Crippen molar-refractivity contribution < 1.29 is 14.3 Å². The molecule has 6 nitrogen and oxygen atoms in total. The molecule has 1 fully saturated rings. The number of hydrogen-bond acceptors (Lipinski definition) is 4. The van der Waals surface area contributed by atoms with Crippen LogP contribution in [0.25, 0.3) is 0 Å². The Balaban J connectivity index is 1.49. The fourth-order valence-electron chi connectivity index (χ4n) is 3.08. The summed E-state index contributed by atoms with van der Waals surface area (Å²) in [5.41, 5.74) is 1.13. The van der Waals surface area contributed by atoms with Gasteiger partial charge in [0.05, 0.1) is 0 Å². The van der Waals surface area contributed by atoms with Crippen LogP contribution in [-0.2, 0) is 0 Å². The Morgan fingerprint density at radius 3 is 2.58 bits per heavy atom. The molecular formula is C18H27N3O3. The number of nitrogens with zero attached hydrogens (tertiary/aromatic N) is 2. The van der Waals surface area contributed by atoms with E-state index in [1.165, 1.54) is 6.42 Å². The number of urea groups is 1. The molecule has 1 saturated heterocycles. The van der Waals surface area contributed by atoms with Crippen LogP contribution in [0, 0.1) is 0 Å². The van der Waals surface area contributed by atoms with Gasteiger partial charge in [-0.25, -0.2) is 4.79 Å². The van der Waals surface area contributed by atoms with E-state index in [0.717, 1.165) is 62.8 Å². The average Bonchev–Trinajstić information content (AvgIpc) is 2.65. The number of carbonyl (C=O) groups excluding carboxylic acids is 1. The number of carbonyl (C=O) groups is 1. The Morgan fingerprint density at radius 2 is 1.83 bits per heavy atom. The summed E-state index contributed by atoms with van der Waals surface area (Å²) in [6.45, 7) is 7.31. The van der Waals surface area contributed by atoms with Gasteiger partial charge in [-0.2, -0.15) is 0 Å². The van der Waals surface area contributed by atoms with Gasteiger partial charge in [-0.05, 0) is 18.6 Å². The molecule has 0 unspecified atom stereocenters. The number of ether oxygens (including phenoxy) is 2. The van der Waals surface area contributed by atoms with Crippen LogP contribution in [0.1, 0.15) is 26.2 Å². The van der Waals surface area contributed by atoms with Gasteiger partial charge in [0.25, 0.3) is 0 Å². The maximum Gasteiger partial charge on any atom is 0.317 e. The number of hydrogen-bond donors (Lipinski definition) is 1. The second-order valence-corrected chi connectivity index (χ2v) is 6.24. The van der Waals surface area contributed by atoms with E-state index >= 15 is 0 Å². The number of benzene rings is 1. The van der Waals surface area contributed by atoms with Gasteiger partial charge in [-0.15, -0.1) is 0 Å². The number of unbranched alkanes of at least 4 members (excludes halogenated alkanes) is 2. The van der Waals surface area contributed by atoms with Crippen molar-refractivity contribution in [3.8, 4) is 11.5 Å². The van der Waals surface area contributed by atoms with Crippen LogP contribution in [0.15, 0.2) is 18.2 Å². The molecule has 0 atom stereocenters. The molecule has 2 aliphatic heterocycles. The van der Waals surface area contributed by atoms with Gasteiger partial charge in [0.2, 0.25) is 0 Å². The first kappa shape index (κ1) is 16.7. The highest BCUT2D eigenvalue weighted by molar-refractivity contribution is 5.74. The number of rotatable bonds is 5. The zero-order valence-corrected chi connectivity index (χ0v) is 14.4. The van der Waals surface area contributed by atoms with Gasteiger partial charge < -0.3 is 24.6 Å². The molecule has 2 amide bonds. The predicted octanol–water partition coefficient (Wildman–Crippen LogP) is 2.48. The number of fused-ring (bicyclic) bond motifs is 1. The van der Waals surface area contributed by atoms with Crippen molar-refractivity contribution in [3.05, 3.63) is 18.2 Å². The lowest BCUT2D eigenvalue weighted by molar-refractivity contribution is 0.171. The fraction of sp³-hybridized carbons (Fsp3) is 0.611. The monoisotopic (exact) mass is 333 g/mol. The van der Waals surface area contributed by atoms with Gasteiger partial charge in [0, 0.05) is 44.5 Å². The maximum atomic E-state index is 12.2. The van der Waals surface area contributed by atoms with E-state index in [1.807, 2.05) is 17.0 Å². The lowest BCUT2D eigenvalue weighted by Gasteiger charge is -2.36. The van der Waals surface area contributed by atoms with Crippen molar-refractivity contribution in [2.75, 3.05) is 50.8 Å². The third-order valence-electron chi connectivity index (χ3n) is 4.51. The number of piperazine rings is 1. The smallest absolute Gasteiger partial charge is 0.317 e. The minimum absolute atomic E-state index is 0.0629. The van der Waals surface area contributed by atoms with Crippen LogP contribution in [-0.4, -0.2) is 56.9 Å². The van der Waals surface area contributed by atoms with Crippen LogP contribution in [0.5, 0.6) is 11.5 Å². The fourth-order valence-corrected chi connectivity index (χ4v) is 3.08. The van der Waals surface area contributed by atoms with Crippen LogP contribution < -0.4 is 19.7 Å². The third kappa shape index (κ3) is 4.04. The van der Waals surface area contributed by atoms with E-state index in [4.69, 9.17) is 9.47 Å². The minimum Gasteiger partial charge on any atom is -0.486 e. The molecule has 0 spiro atoms. The largest absolute Gasteiger partial charge is 0.486 e. The predicted molar refractivity (Wildman–Crippen MR) is 94.1 cm³/mol. The SMILES string of the molecule is CCCCCNC(=O)N1CCN(c2ccc3c(c2)OCCO3)CC1. The normalized spacial score (nSPS) is 16.9. The summed E-state index contributed by atoms with van der Waals surface area (Å²) < 4.78 is 11.2. The Kier molecular flexibility index (Phi) is 5.67. The molecule has 1 N–H and O–H groups in total. The molecule has 1 aromatic rings. The Bertz CT molecular complexity index is 556. The summed E-state index contributed by atoms with van der Waals surface area (Å²) in [5, 5.41) is 3.01. The molecule has 6 heteroatoms. The maximum absolute atomic E-state index is 12.2. The van der Waals surface area contributed by atoms with Gasteiger partial charge in [0.1, 0.15) is 13.2 Å². The Morgan fingerprint density at radius 1 is 1.08 bits per heavy atom. The van der Waals surface area contributed by atoms with Crippen molar-refractivity contribution in [3.63, 3.8) is 0 Å². The van der Waals surface area contributed by atoms with Crippen LogP contribution in [0.3, 0.4) is 0 Å². The molecule has 132 valence electrons. The summed E-state index contributed by atoms with van der Waals surface area (Å²) in [4.78, 5) is 16.3. The summed E-state index contributed by atoms with van der Waals surface area (Å²) in [5.74, 6) is 1.63. The lowest BCUT2D eigenvalue weighted by atomic mass is 10.2. The average molecular weight is 333 g/mol. The van der Waals surface area contributed by atoms with Gasteiger partial charge >= 0.3 is 6.03 Å². The molecule has 0 saturated carbocycles.